The zero-order valence-electron chi connectivity index (χ0n) is 10.8. The van der Waals surface area contributed by atoms with Crippen LogP contribution in [0.2, 0.25) is 0 Å². The number of benzene rings is 2. The Hall–Kier alpha value is -3.02. The van der Waals surface area contributed by atoms with Gasteiger partial charge in [-0.3, -0.25) is 9.59 Å². The molecule has 4 N–H and O–H groups in total. The molecule has 21 heavy (non-hydrogen) atoms. The van der Waals surface area contributed by atoms with Crippen molar-refractivity contribution in [1.82, 2.24) is 0 Å². The molecule has 0 saturated heterocycles. The number of phenolic OH excluding ortho intramolecular Hbond substituents is 4. The third kappa shape index (κ3) is 1.59. The smallest absolute Gasteiger partial charge is 0.202 e. The van der Waals surface area contributed by atoms with Crippen molar-refractivity contribution in [2.24, 2.45) is 0 Å². The minimum absolute atomic E-state index is 0.0784. The molecular weight excluding hydrogens is 276 g/mol. The van der Waals surface area contributed by atoms with Gasteiger partial charge in [-0.05, 0) is 24.6 Å². The summed E-state index contributed by atoms with van der Waals surface area (Å²) in [6.45, 7) is 1.47. The lowest BCUT2D eigenvalue weighted by atomic mass is 9.82. The normalized spacial score (nSPS) is 13.0. The van der Waals surface area contributed by atoms with Crippen LogP contribution < -0.4 is 0 Å². The molecule has 2 aromatic carbocycles. The van der Waals surface area contributed by atoms with Crippen LogP contribution in [0.4, 0.5) is 0 Å². The molecule has 0 heterocycles. The first-order valence-corrected chi connectivity index (χ1v) is 6.03. The van der Waals surface area contributed by atoms with Crippen LogP contribution in [0.15, 0.2) is 18.2 Å². The molecule has 1 aliphatic carbocycles. The number of aryl methyl sites for hydroxylation is 1. The average molecular weight is 286 g/mol. The largest absolute Gasteiger partial charge is 0.508 e. The molecule has 6 nitrogen and oxygen atoms in total. The van der Waals surface area contributed by atoms with Gasteiger partial charge in [-0.15, -0.1) is 0 Å². The van der Waals surface area contributed by atoms with Gasteiger partial charge in [0.05, 0.1) is 11.1 Å². The molecule has 0 aromatic heterocycles. The van der Waals surface area contributed by atoms with E-state index in [1.54, 1.807) is 0 Å². The van der Waals surface area contributed by atoms with Gasteiger partial charge in [-0.1, -0.05) is 0 Å². The second-order valence-electron chi connectivity index (χ2n) is 4.86. The topological polar surface area (TPSA) is 115 Å². The second-order valence-corrected chi connectivity index (χ2v) is 4.86. The summed E-state index contributed by atoms with van der Waals surface area (Å²) in [5.41, 5.74) is -0.638. The fourth-order valence-corrected chi connectivity index (χ4v) is 2.50. The monoisotopic (exact) mass is 286 g/mol. The molecule has 0 fully saturated rings. The Morgan fingerprint density at radius 2 is 1.38 bits per heavy atom. The van der Waals surface area contributed by atoms with Gasteiger partial charge in [-0.25, -0.2) is 0 Å². The summed E-state index contributed by atoms with van der Waals surface area (Å²) in [4.78, 5) is 24.8. The lowest BCUT2D eigenvalue weighted by Gasteiger charge is -2.20. The summed E-state index contributed by atoms with van der Waals surface area (Å²) in [5.74, 6) is -3.50. The Kier molecular flexibility index (Phi) is 2.47. The van der Waals surface area contributed by atoms with E-state index in [1.165, 1.54) is 13.0 Å². The lowest BCUT2D eigenvalue weighted by molar-refractivity contribution is 0.0973. The lowest BCUT2D eigenvalue weighted by Crippen LogP contribution is -2.21. The Labute approximate surface area is 118 Å². The minimum Gasteiger partial charge on any atom is -0.508 e. The molecule has 1 aliphatic rings. The van der Waals surface area contributed by atoms with Crippen LogP contribution in [-0.4, -0.2) is 32.0 Å². The number of carbonyl (C=O) groups is 2. The van der Waals surface area contributed by atoms with Crippen LogP contribution >= 0.6 is 0 Å². The van der Waals surface area contributed by atoms with Crippen molar-refractivity contribution in [2.45, 2.75) is 6.92 Å². The van der Waals surface area contributed by atoms with E-state index >= 15 is 0 Å². The number of ketones is 2. The fraction of sp³-hybridized carbons (Fsp3) is 0.0667. The molecule has 0 unspecified atom stereocenters. The molecule has 2 aromatic rings. The van der Waals surface area contributed by atoms with Crippen LogP contribution in [0.5, 0.6) is 23.0 Å². The maximum absolute atomic E-state index is 12.4. The van der Waals surface area contributed by atoms with E-state index in [0.29, 0.717) is 0 Å². The number of hydrogen-bond acceptors (Lipinski definition) is 6. The fourth-order valence-electron chi connectivity index (χ4n) is 2.50. The Morgan fingerprint density at radius 3 is 2.05 bits per heavy atom. The predicted octanol–water partition coefficient (Wildman–Crippen LogP) is 1.59. The van der Waals surface area contributed by atoms with Crippen molar-refractivity contribution in [2.75, 3.05) is 0 Å². The van der Waals surface area contributed by atoms with E-state index in [-0.39, 0.29) is 33.6 Å². The maximum Gasteiger partial charge on any atom is 0.202 e. The van der Waals surface area contributed by atoms with Crippen molar-refractivity contribution < 1.29 is 30.0 Å². The summed E-state index contributed by atoms with van der Waals surface area (Å²) in [5, 5.41) is 38.9. The van der Waals surface area contributed by atoms with Crippen LogP contribution in [0.3, 0.4) is 0 Å². The first-order valence-electron chi connectivity index (χ1n) is 6.03. The van der Waals surface area contributed by atoms with E-state index in [9.17, 15) is 30.0 Å². The van der Waals surface area contributed by atoms with Crippen LogP contribution in [0.1, 0.15) is 37.4 Å². The third-order valence-electron chi connectivity index (χ3n) is 3.51. The van der Waals surface area contributed by atoms with Crippen LogP contribution in [0.25, 0.3) is 0 Å². The summed E-state index contributed by atoms with van der Waals surface area (Å²) < 4.78 is 0. The molecule has 0 bridgehead atoms. The quantitative estimate of drug-likeness (QED) is 0.466. The predicted molar refractivity (Wildman–Crippen MR) is 71.1 cm³/mol. The molecule has 0 saturated carbocycles. The van der Waals surface area contributed by atoms with E-state index in [0.717, 1.165) is 12.1 Å². The summed E-state index contributed by atoms with van der Waals surface area (Å²) in [7, 11) is 0. The van der Waals surface area contributed by atoms with Crippen LogP contribution in [-0.2, 0) is 0 Å². The van der Waals surface area contributed by atoms with E-state index < -0.39 is 28.8 Å². The summed E-state index contributed by atoms with van der Waals surface area (Å²) >= 11 is 0. The molecule has 0 aliphatic heterocycles. The second kappa shape index (κ2) is 3.99. The summed E-state index contributed by atoms with van der Waals surface area (Å²) in [6, 6.07) is 3.30. The zero-order chi connectivity index (χ0) is 15.5. The van der Waals surface area contributed by atoms with E-state index in [2.05, 4.69) is 0 Å². The maximum atomic E-state index is 12.4. The highest BCUT2D eigenvalue weighted by Crippen LogP contribution is 2.42. The number of hydrogen-bond donors (Lipinski definition) is 4. The molecule has 3 rings (SSSR count). The van der Waals surface area contributed by atoms with Gasteiger partial charge in [-0.2, -0.15) is 0 Å². The first kappa shape index (κ1) is 13.0. The molecule has 0 amide bonds. The van der Waals surface area contributed by atoms with E-state index in [1.807, 2.05) is 0 Å². The number of aromatic hydroxyl groups is 4. The average Bonchev–Trinajstić information content (AvgIpc) is 2.41. The van der Waals surface area contributed by atoms with E-state index in [4.69, 9.17) is 0 Å². The van der Waals surface area contributed by atoms with Gasteiger partial charge in [0.2, 0.25) is 5.78 Å². The molecule has 6 heteroatoms. The Bertz CT molecular complexity index is 835. The van der Waals surface area contributed by atoms with Crippen molar-refractivity contribution in [3.63, 3.8) is 0 Å². The highest BCUT2D eigenvalue weighted by atomic mass is 16.3. The van der Waals surface area contributed by atoms with Gasteiger partial charge < -0.3 is 20.4 Å². The number of carbonyl (C=O) groups excluding carboxylic acids is 2. The van der Waals surface area contributed by atoms with Gasteiger partial charge >= 0.3 is 0 Å². The number of rotatable bonds is 0. The minimum atomic E-state index is -0.787. The number of fused-ring (bicyclic) bond motifs is 2. The zero-order valence-corrected chi connectivity index (χ0v) is 10.8. The SMILES string of the molecule is Cc1cc2c(c(O)c1O)C(=O)c1c(O)cc(O)cc1C2=O. The van der Waals surface area contributed by atoms with Gasteiger partial charge in [0.15, 0.2) is 17.3 Å². The third-order valence-corrected chi connectivity index (χ3v) is 3.51. The molecule has 0 spiro atoms. The number of phenols is 4. The standard InChI is InChI=1S/C15H10O6/c1-5-2-7-11(15(21)12(5)18)14(20)10-8(13(7)19)3-6(16)4-9(10)17/h2-4,16-18,21H,1H3. The van der Waals surface area contributed by atoms with Crippen molar-refractivity contribution in [1.29, 1.82) is 0 Å². The Balaban J connectivity index is 2.42. The van der Waals surface area contributed by atoms with Gasteiger partial charge in [0.25, 0.3) is 0 Å². The molecule has 106 valence electrons. The van der Waals surface area contributed by atoms with Crippen LogP contribution in [0, 0.1) is 6.92 Å². The molecular formula is C15H10O6. The Morgan fingerprint density at radius 1 is 0.762 bits per heavy atom. The first-order chi connectivity index (χ1) is 9.82. The highest BCUT2D eigenvalue weighted by Gasteiger charge is 2.36. The highest BCUT2D eigenvalue weighted by molar-refractivity contribution is 6.30. The molecule has 0 radical (unpaired) electrons. The van der Waals surface area contributed by atoms with Gasteiger partial charge in [0, 0.05) is 17.2 Å². The van der Waals surface area contributed by atoms with Gasteiger partial charge in [0.1, 0.15) is 11.5 Å². The molecule has 0 atom stereocenters. The van der Waals surface area contributed by atoms with Crippen molar-refractivity contribution >= 4 is 11.6 Å². The summed E-state index contributed by atoms with van der Waals surface area (Å²) in [6.07, 6.45) is 0. The van der Waals surface area contributed by atoms with Crippen molar-refractivity contribution in [3.05, 3.63) is 46.0 Å². The van der Waals surface area contributed by atoms with Crippen molar-refractivity contribution in [3.8, 4) is 23.0 Å².